The zero-order chi connectivity index (χ0) is 19.0. The van der Waals surface area contributed by atoms with Crippen LogP contribution in [0.1, 0.15) is 40.3 Å². The fourth-order valence-corrected chi connectivity index (χ4v) is 4.52. The first-order chi connectivity index (χ1) is 13.0. The Morgan fingerprint density at radius 1 is 1.30 bits per heavy atom. The summed E-state index contributed by atoms with van der Waals surface area (Å²) in [6, 6.07) is 9.12. The van der Waals surface area contributed by atoms with Crippen molar-refractivity contribution >= 4 is 17.2 Å². The molecule has 0 spiro atoms. The molecule has 0 saturated heterocycles. The van der Waals surface area contributed by atoms with Crippen LogP contribution in [0, 0.1) is 13.8 Å². The van der Waals surface area contributed by atoms with Crippen LogP contribution >= 0.6 is 11.3 Å². The zero-order valence-electron chi connectivity index (χ0n) is 15.3. The summed E-state index contributed by atoms with van der Waals surface area (Å²) in [5.74, 6) is 0.309. The van der Waals surface area contributed by atoms with Crippen molar-refractivity contribution < 1.29 is 4.79 Å². The van der Waals surface area contributed by atoms with E-state index in [-0.39, 0.29) is 24.2 Å². The number of hydrogen-bond acceptors (Lipinski definition) is 5. The van der Waals surface area contributed by atoms with Gasteiger partial charge in [0.05, 0.1) is 22.4 Å². The fourth-order valence-electron chi connectivity index (χ4n) is 3.48. The van der Waals surface area contributed by atoms with E-state index in [0.29, 0.717) is 11.5 Å². The van der Waals surface area contributed by atoms with Crippen LogP contribution in [0.25, 0.3) is 5.69 Å². The van der Waals surface area contributed by atoms with Crippen molar-refractivity contribution in [2.45, 2.75) is 45.7 Å². The summed E-state index contributed by atoms with van der Waals surface area (Å²) in [5.41, 5.74) is 1.35. The number of nitrogens with one attached hydrogen (secondary N) is 1. The third kappa shape index (κ3) is 3.44. The number of amides is 1. The highest BCUT2D eigenvalue weighted by Gasteiger charge is 2.26. The third-order valence-corrected chi connectivity index (χ3v) is 5.79. The van der Waals surface area contributed by atoms with Crippen molar-refractivity contribution in [1.82, 2.24) is 24.6 Å². The highest BCUT2D eigenvalue weighted by Crippen LogP contribution is 2.32. The quantitative estimate of drug-likeness (QED) is 0.749. The smallest absolute Gasteiger partial charge is 0.346 e. The highest BCUT2D eigenvalue weighted by atomic mass is 32.1. The molecule has 7 nitrogen and oxygen atoms in total. The molecule has 2 aromatic heterocycles. The summed E-state index contributed by atoms with van der Waals surface area (Å²) in [7, 11) is 0. The number of carbonyl (C=O) groups is 1. The van der Waals surface area contributed by atoms with Gasteiger partial charge >= 0.3 is 5.69 Å². The van der Waals surface area contributed by atoms with Gasteiger partial charge in [0.15, 0.2) is 0 Å². The van der Waals surface area contributed by atoms with Gasteiger partial charge in [0.1, 0.15) is 12.4 Å². The Bertz CT molecular complexity index is 1030. The monoisotopic (exact) mass is 383 g/mol. The van der Waals surface area contributed by atoms with E-state index in [0.717, 1.165) is 30.0 Å². The number of benzene rings is 1. The van der Waals surface area contributed by atoms with Crippen LogP contribution in [-0.4, -0.2) is 25.2 Å². The number of aryl methyl sites for hydroxylation is 3. The van der Waals surface area contributed by atoms with Gasteiger partial charge in [0, 0.05) is 4.88 Å². The molecule has 3 aromatic rings. The number of fused-ring (bicyclic) bond motifs is 1. The van der Waals surface area contributed by atoms with Crippen molar-refractivity contribution in [3.8, 4) is 5.69 Å². The molecule has 0 saturated carbocycles. The molecule has 1 aliphatic rings. The molecule has 0 bridgehead atoms. The molecule has 1 amide bonds. The SMILES string of the molecule is Cc1nc2c(s1)CCCC2NC(=O)Cn1c(C)nn(-c2ccccc2)c1=O. The number of nitrogens with zero attached hydrogens (tertiary/aromatic N) is 4. The number of rotatable bonds is 4. The van der Waals surface area contributed by atoms with E-state index in [1.54, 1.807) is 18.3 Å². The van der Waals surface area contributed by atoms with E-state index in [2.05, 4.69) is 15.4 Å². The van der Waals surface area contributed by atoms with Gasteiger partial charge in [-0.3, -0.25) is 9.36 Å². The number of hydrogen-bond donors (Lipinski definition) is 1. The fraction of sp³-hybridized carbons (Fsp3) is 0.368. The third-order valence-electron chi connectivity index (χ3n) is 4.75. The van der Waals surface area contributed by atoms with Crippen molar-refractivity contribution in [3.63, 3.8) is 0 Å². The summed E-state index contributed by atoms with van der Waals surface area (Å²) in [5, 5.41) is 8.37. The highest BCUT2D eigenvalue weighted by molar-refractivity contribution is 7.11. The minimum atomic E-state index is -0.317. The maximum Gasteiger partial charge on any atom is 0.351 e. The molecular weight excluding hydrogens is 362 g/mol. The van der Waals surface area contributed by atoms with E-state index in [4.69, 9.17) is 0 Å². The van der Waals surface area contributed by atoms with Crippen LogP contribution in [0.2, 0.25) is 0 Å². The lowest BCUT2D eigenvalue weighted by atomic mass is 9.97. The summed E-state index contributed by atoms with van der Waals surface area (Å²) >= 11 is 1.70. The summed E-state index contributed by atoms with van der Waals surface area (Å²) in [6.45, 7) is 3.67. The number of thiazole rings is 1. The first-order valence-corrected chi connectivity index (χ1v) is 9.82. The number of aromatic nitrogens is 4. The van der Waals surface area contributed by atoms with Crippen LogP contribution < -0.4 is 11.0 Å². The normalized spacial score (nSPS) is 16.1. The Hall–Kier alpha value is -2.74. The van der Waals surface area contributed by atoms with E-state index >= 15 is 0 Å². The largest absolute Gasteiger partial charge is 0.351 e. The molecule has 0 aliphatic heterocycles. The van der Waals surface area contributed by atoms with Crippen LogP contribution in [0.4, 0.5) is 0 Å². The summed E-state index contributed by atoms with van der Waals surface area (Å²) < 4.78 is 2.73. The molecule has 4 rings (SSSR count). The molecule has 27 heavy (non-hydrogen) atoms. The van der Waals surface area contributed by atoms with Gasteiger partial charge in [-0.1, -0.05) is 18.2 Å². The van der Waals surface area contributed by atoms with Gasteiger partial charge in [0.25, 0.3) is 0 Å². The molecule has 2 heterocycles. The van der Waals surface area contributed by atoms with Gasteiger partial charge in [-0.25, -0.2) is 9.78 Å². The van der Waals surface area contributed by atoms with E-state index in [1.165, 1.54) is 14.1 Å². The molecule has 1 unspecified atom stereocenters. The Labute approximate surface area is 160 Å². The van der Waals surface area contributed by atoms with Gasteiger partial charge in [-0.15, -0.1) is 11.3 Å². The van der Waals surface area contributed by atoms with Crippen molar-refractivity contribution in [3.05, 3.63) is 62.2 Å². The minimum absolute atomic E-state index is 0.0492. The molecule has 1 atom stereocenters. The average Bonchev–Trinajstić information content (AvgIpc) is 3.17. The van der Waals surface area contributed by atoms with Crippen LogP contribution in [0.15, 0.2) is 35.1 Å². The lowest BCUT2D eigenvalue weighted by molar-refractivity contribution is -0.122. The molecule has 8 heteroatoms. The van der Waals surface area contributed by atoms with Gasteiger partial charge in [0.2, 0.25) is 5.91 Å². The lowest BCUT2D eigenvalue weighted by Crippen LogP contribution is -2.36. The van der Waals surface area contributed by atoms with Gasteiger partial charge in [-0.2, -0.15) is 9.78 Å². The predicted molar refractivity (Wildman–Crippen MR) is 103 cm³/mol. The summed E-state index contributed by atoms with van der Waals surface area (Å²) in [4.78, 5) is 31.2. The van der Waals surface area contributed by atoms with Crippen LogP contribution in [0.3, 0.4) is 0 Å². The second-order valence-electron chi connectivity index (χ2n) is 6.72. The second-order valence-corrected chi connectivity index (χ2v) is 8.00. The Morgan fingerprint density at radius 2 is 2.07 bits per heavy atom. The zero-order valence-corrected chi connectivity index (χ0v) is 16.1. The predicted octanol–water partition coefficient (Wildman–Crippen LogP) is 2.30. The molecule has 0 radical (unpaired) electrons. The van der Waals surface area contributed by atoms with E-state index < -0.39 is 0 Å². The maximum atomic E-state index is 12.7. The minimum Gasteiger partial charge on any atom is -0.346 e. The Balaban J connectivity index is 1.53. The first kappa shape index (κ1) is 17.7. The molecule has 1 N–H and O–H groups in total. The van der Waals surface area contributed by atoms with Crippen LogP contribution in [-0.2, 0) is 17.8 Å². The van der Waals surface area contributed by atoms with Crippen LogP contribution in [0.5, 0.6) is 0 Å². The van der Waals surface area contributed by atoms with Crippen molar-refractivity contribution in [1.29, 1.82) is 0 Å². The molecule has 140 valence electrons. The Kier molecular flexibility index (Phi) is 4.65. The standard InChI is InChI=1S/C19H21N5O2S/c1-12-22-24(14-7-4-3-5-8-14)19(26)23(12)11-17(25)21-15-9-6-10-16-18(15)20-13(2)27-16/h3-5,7-8,15H,6,9-11H2,1-2H3,(H,21,25). The van der Waals surface area contributed by atoms with Gasteiger partial charge in [-0.05, 0) is 45.2 Å². The number of carbonyl (C=O) groups excluding carboxylic acids is 1. The first-order valence-electron chi connectivity index (χ1n) is 9.00. The average molecular weight is 383 g/mol. The van der Waals surface area contributed by atoms with Gasteiger partial charge < -0.3 is 5.32 Å². The van der Waals surface area contributed by atoms with Crippen molar-refractivity contribution in [2.75, 3.05) is 0 Å². The van der Waals surface area contributed by atoms with Crippen molar-refractivity contribution in [2.24, 2.45) is 0 Å². The molecule has 1 aromatic carbocycles. The second kappa shape index (κ2) is 7.11. The molecular formula is C19H21N5O2S. The van der Waals surface area contributed by atoms with E-state index in [1.807, 2.05) is 37.3 Å². The maximum absolute atomic E-state index is 12.7. The number of para-hydroxylation sites is 1. The molecule has 0 fully saturated rings. The topological polar surface area (TPSA) is 81.8 Å². The lowest BCUT2D eigenvalue weighted by Gasteiger charge is -2.22. The summed E-state index contributed by atoms with van der Waals surface area (Å²) in [6.07, 6.45) is 2.93. The molecule has 1 aliphatic carbocycles. The van der Waals surface area contributed by atoms with E-state index in [9.17, 15) is 9.59 Å². The Morgan fingerprint density at radius 3 is 2.85 bits per heavy atom.